The van der Waals surface area contributed by atoms with E-state index in [4.69, 9.17) is 9.47 Å². The van der Waals surface area contributed by atoms with E-state index in [1.54, 1.807) is 19.2 Å². The van der Waals surface area contributed by atoms with Gasteiger partial charge in [0.1, 0.15) is 5.75 Å². The van der Waals surface area contributed by atoms with E-state index in [0.29, 0.717) is 17.5 Å². The van der Waals surface area contributed by atoms with Gasteiger partial charge in [-0.3, -0.25) is 5.43 Å². The fourth-order valence-corrected chi connectivity index (χ4v) is 2.67. The first kappa shape index (κ1) is 17.4. The first-order valence-corrected chi connectivity index (χ1v) is 8.55. The van der Waals surface area contributed by atoms with Crippen molar-refractivity contribution in [1.29, 1.82) is 0 Å². The molecule has 8 heteroatoms. The van der Waals surface area contributed by atoms with Gasteiger partial charge >= 0.3 is 5.97 Å². The van der Waals surface area contributed by atoms with Crippen molar-refractivity contribution < 1.29 is 14.3 Å². The summed E-state index contributed by atoms with van der Waals surface area (Å²) in [5, 5.41) is 6.79. The molecule has 0 saturated heterocycles. The molecule has 0 fully saturated rings. The lowest BCUT2D eigenvalue weighted by Gasteiger charge is -2.09. The number of aromatic nitrogens is 1. The van der Waals surface area contributed by atoms with Crippen LogP contribution in [0.2, 0.25) is 0 Å². The first-order chi connectivity index (χ1) is 11.1. The smallest absolute Gasteiger partial charge is 0.344 e. The maximum Gasteiger partial charge on any atom is 0.344 e. The molecule has 1 N–H and O–H groups in total. The Hall–Kier alpha value is -1.93. The van der Waals surface area contributed by atoms with Crippen LogP contribution >= 0.6 is 27.3 Å². The van der Waals surface area contributed by atoms with Crippen LogP contribution in [0.1, 0.15) is 18.2 Å². The van der Waals surface area contributed by atoms with Crippen molar-refractivity contribution in [3.05, 3.63) is 39.3 Å². The molecule has 0 unspecified atom stereocenters. The monoisotopic (exact) mass is 397 g/mol. The van der Waals surface area contributed by atoms with E-state index in [0.717, 1.165) is 15.7 Å². The van der Waals surface area contributed by atoms with Gasteiger partial charge in [-0.15, -0.1) is 11.3 Å². The third-order valence-corrected chi connectivity index (χ3v) is 3.96. The van der Waals surface area contributed by atoms with Crippen molar-refractivity contribution in [3.8, 4) is 5.75 Å². The molecule has 1 heterocycles. The van der Waals surface area contributed by atoms with Crippen LogP contribution in [0.25, 0.3) is 0 Å². The van der Waals surface area contributed by atoms with E-state index in [9.17, 15) is 4.79 Å². The van der Waals surface area contributed by atoms with Gasteiger partial charge in [-0.1, -0.05) is 15.9 Å². The number of benzene rings is 1. The van der Waals surface area contributed by atoms with Crippen molar-refractivity contribution in [2.75, 3.05) is 18.6 Å². The molecule has 2 rings (SSSR count). The fraction of sp³-hybridized carbons (Fsp3) is 0.267. The number of carbonyl (C=O) groups excluding carboxylic acids is 1. The number of rotatable bonds is 7. The first-order valence-electron chi connectivity index (χ1n) is 6.87. The molecule has 0 amide bonds. The average molecular weight is 398 g/mol. The molecule has 0 aliphatic carbocycles. The van der Waals surface area contributed by atoms with Gasteiger partial charge in [0, 0.05) is 15.4 Å². The second-order valence-corrected chi connectivity index (χ2v) is 6.21. The third kappa shape index (κ3) is 5.65. The molecule has 0 bridgehead atoms. The average Bonchev–Trinajstić information content (AvgIpc) is 2.92. The van der Waals surface area contributed by atoms with E-state index in [1.165, 1.54) is 11.3 Å². The minimum Gasteiger partial charge on any atom is -0.481 e. The lowest BCUT2D eigenvalue weighted by atomic mass is 10.2. The van der Waals surface area contributed by atoms with Crippen LogP contribution in [0.15, 0.2) is 33.2 Å². The highest BCUT2D eigenvalue weighted by Crippen LogP contribution is 2.22. The molecule has 0 atom stereocenters. The minimum absolute atomic E-state index is 0.143. The Balaban J connectivity index is 2.04. The largest absolute Gasteiger partial charge is 0.481 e. The van der Waals surface area contributed by atoms with Crippen molar-refractivity contribution in [1.82, 2.24) is 4.98 Å². The van der Waals surface area contributed by atoms with Crippen LogP contribution in [-0.4, -0.2) is 30.4 Å². The summed E-state index contributed by atoms with van der Waals surface area (Å²) in [5.74, 6) is 0.136. The van der Waals surface area contributed by atoms with E-state index in [1.807, 2.05) is 24.4 Å². The fourth-order valence-electron chi connectivity index (χ4n) is 1.65. The predicted molar refractivity (Wildman–Crippen MR) is 94.3 cm³/mol. The second-order valence-electron chi connectivity index (χ2n) is 4.44. The minimum atomic E-state index is -0.408. The molecule has 2 aromatic rings. The normalized spacial score (nSPS) is 10.7. The number of carbonyl (C=O) groups is 1. The zero-order chi connectivity index (χ0) is 16.7. The van der Waals surface area contributed by atoms with Gasteiger partial charge in [-0.25, -0.2) is 9.78 Å². The lowest BCUT2D eigenvalue weighted by molar-refractivity contribution is -0.145. The maximum atomic E-state index is 11.4. The zero-order valence-electron chi connectivity index (χ0n) is 12.7. The Morgan fingerprint density at radius 1 is 1.52 bits per heavy atom. The van der Waals surface area contributed by atoms with Crippen LogP contribution in [-0.2, 0) is 9.53 Å². The molecular formula is C15H16BrN3O3S. The Labute approximate surface area is 146 Å². The number of hydrazone groups is 1. The van der Waals surface area contributed by atoms with Crippen molar-refractivity contribution >= 4 is 44.6 Å². The summed E-state index contributed by atoms with van der Waals surface area (Å²) in [6, 6.07) is 5.44. The Morgan fingerprint density at radius 2 is 2.35 bits per heavy atom. The molecule has 6 nitrogen and oxygen atoms in total. The van der Waals surface area contributed by atoms with E-state index >= 15 is 0 Å². The number of nitrogens with zero attached hydrogens (tertiary/aromatic N) is 2. The van der Waals surface area contributed by atoms with E-state index < -0.39 is 5.97 Å². The number of anilines is 1. The number of ether oxygens (including phenoxy) is 2. The summed E-state index contributed by atoms with van der Waals surface area (Å²) in [6.07, 6.45) is 1.61. The van der Waals surface area contributed by atoms with Crippen LogP contribution in [0.5, 0.6) is 5.75 Å². The van der Waals surface area contributed by atoms with Gasteiger partial charge < -0.3 is 9.47 Å². The molecule has 0 aliphatic rings. The van der Waals surface area contributed by atoms with Crippen LogP contribution in [0.4, 0.5) is 5.13 Å². The van der Waals surface area contributed by atoms with Gasteiger partial charge in [0.2, 0.25) is 5.13 Å². The zero-order valence-corrected chi connectivity index (χ0v) is 15.1. The standard InChI is InChI=1S/C15H16BrN3O3S/c1-3-21-14(20)8-22-13-5-4-12(16)6-11(13)7-17-19-15-18-10(2)9-23-15/h4-7,9H,3,8H2,1-2H3,(H,18,19). The summed E-state index contributed by atoms with van der Waals surface area (Å²) < 4.78 is 11.2. The molecule has 1 aromatic heterocycles. The molecule has 23 heavy (non-hydrogen) atoms. The van der Waals surface area contributed by atoms with Gasteiger partial charge in [-0.05, 0) is 32.0 Å². The van der Waals surface area contributed by atoms with Crippen LogP contribution in [0.3, 0.4) is 0 Å². The number of nitrogens with one attached hydrogen (secondary N) is 1. The maximum absolute atomic E-state index is 11.4. The van der Waals surface area contributed by atoms with Gasteiger partial charge in [-0.2, -0.15) is 5.10 Å². The van der Waals surface area contributed by atoms with Gasteiger partial charge in [0.15, 0.2) is 6.61 Å². The number of aryl methyl sites for hydroxylation is 1. The van der Waals surface area contributed by atoms with E-state index in [-0.39, 0.29) is 6.61 Å². The summed E-state index contributed by atoms with van der Waals surface area (Å²) in [7, 11) is 0. The topological polar surface area (TPSA) is 72.8 Å². The van der Waals surface area contributed by atoms with Crippen molar-refractivity contribution in [2.24, 2.45) is 5.10 Å². The molecule has 0 spiro atoms. The van der Waals surface area contributed by atoms with Crippen molar-refractivity contribution in [3.63, 3.8) is 0 Å². The summed E-state index contributed by atoms with van der Waals surface area (Å²) in [5.41, 5.74) is 4.53. The summed E-state index contributed by atoms with van der Waals surface area (Å²) >= 11 is 4.88. The highest BCUT2D eigenvalue weighted by molar-refractivity contribution is 9.10. The SMILES string of the molecule is CCOC(=O)COc1ccc(Br)cc1C=NNc1nc(C)cs1. The Bertz CT molecular complexity index is 703. The van der Waals surface area contributed by atoms with Gasteiger partial charge in [0.05, 0.1) is 18.5 Å². The van der Waals surface area contributed by atoms with Crippen molar-refractivity contribution in [2.45, 2.75) is 13.8 Å². The highest BCUT2D eigenvalue weighted by atomic mass is 79.9. The molecule has 1 aromatic carbocycles. The molecule has 0 radical (unpaired) electrons. The number of esters is 1. The van der Waals surface area contributed by atoms with Crippen LogP contribution < -0.4 is 10.2 Å². The summed E-state index contributed by atoms with van der Waals surface area (Å²) in [6.45, 7) is 3.85. The third-order valence-electron chi connectivity index (χ3n) is 2.61. The second kappa shape index (κ2) is 8.64. The predicted octanol–water partition coefficient (Wildman–Crippen LogP) is 3.60. The van der Waals surface area contributed by atoms with Gasteiger partial charge in [0.25, 0.3) is 0 Å². The Kier molecular flexibility index (Phi) is 6.54. The van der Waals surface area contributed by atoms with E-state index in [2.05, 4.69) is 31.4 Å². The van der Waals surface area contributed by atoms with Crippen LogP contribution in [0, 0.1) is 6.92 Å². The lowest BCUT2D eigenvalue weighted by Crippen LogP contribution is -2.15. The highest BCUT2D eigenvalue weighted by Gasteiger charge is 2.07. The molecule has 122 valence electrons. The molecular weight excluding hydrogens is 382 g/mol. The number of hydrogen-bond donors (Lipinski definition) is 1. The number of hydrogen-bond acceptors (Lipinski definition) is 7. The number of halogens is 1. The molecule has 0 aliphatic heterocycles. The summed E-state index contributed by atoms with van der Waals surface area (Å²) in [4.78, 5) is 15.6. The quantitative estimate of drug-likeness (QED) is 0.438. The Morgan fingerprint density at radius 3 is 3.04 bits per heavy atom. The number of thiazole rings is 1. The molecule has 0 saturated carbocycles.